The molecule has 2 fully saturated rings. The van der Waals surface area contributed by atoms with Gasteiger partial charge in [0.05, 0.1) is 21.4 Å². The average Bonchev–Trinajstić information content (AvgIpc) is 4.04. The van der Waals surface area contributed by atoms with Crippen LogP contribution in [0, 0.1) is 6.92 Å². The zero-order valence-electron chi connectivity index (χ0n) is 34.5. The van der Waals surface area contributed by atoms with Crippen molar-refractivity contribution in [3.63, 3.8) is 0 Å². The minimum absolute atomic E-state index is 0. The summed E-state index contributed by atoms with van der Waals surface area (Å²) < 4.78 is 71.5. The van der Waals surface area contributed by atoms with Crippen LogP contribution >= 0.6 is 15.9 Å². The summed E-state index contributed by atoms with van der Waals surface area (Å²) in [4.78, 5) is 31.3. The smallest absolute Gasteiger partial charge is 0.443 e. The van der Waals surface area contributed by atoms with Crippen molar-refractivity contribution in [1.82, 2.24) is 19.4 Å². The molecule has 314 valence electrons. The van der Waals surface area contributed by atoms with Gasteiger partial charge in [-0.2, -0.15) is 6.42 Å². The van der Waals surface area contributed by atoms with Crippen LogP contribution in [0.25, 0.3) is 22.6 Å². The van der Waals surface area contributed by atoms with Gasteiger partial charge in [-0.3, -0.25) is 0 Å². The van der Waals surface area contributed by atoms with Crippen LogP contribution in [0.15, 0.2) is 82.3 Å². The fraction of sp³-hybridized carbons (Fsp3) is 0.475. The molecular formula is C40H54BrLiN4O10S2. The summed E-state index contributed by atoms with van der Waals surface area (Å²) in [5, 5.41) is 0.309. The minimum Gasteiger partial charge on any atom is -0.443 e. The number of unbranched alkanes of at least 4 members (excludes halogenated alkanes) is 1. The van der Waals surface area contributed by atoms with E-state index in [2.05, 4.69) is 39.7 Å². The van der Waals surface area contributed by atoms with Gasteiger partial charge < -0.3 is 25.2 Å². The topological polar surface area (TPSA) is 197 Å². The third-order valence-electron chi connectivity index (χ3n) is 7.91. The molecule has 14 nitrogen and oxygen atoms in total. The van der Waals surface area contributed by atoms with E-state index in [1.807, 2.05) is 70.1 Å². The number of nitrogens with zero attached hydrogens (tertiary/aromatic N) is 2. The quantitative estimate of drug-likeness (QED) is 0.105. The Labute approximate surface area is 363 Å². The summed E-state index contributed by atoms with van der Waals surface area (Å²) in [6.07, 6.45) is 5.51. The molecule has 0 spiro atoms. The first-order valence-electron chi connectivity index (χ1n) is 18.5. The van der Waals surface area contributed by atoms with Gasteiger partial charge in [0.15, 0.2) is 24.3 Å². The summed E-state index contributed by atoms with van der Waals surface area (Å²) in [6, 6.07) is 19.3. The molecule has 0 bridgehead atoms. The van der Waals surface area contributed by atoms with Gasteiger partial charge in [0.1, 0.15) is 11.2 Å². The number of aromatic nitrogens is 2. The molecule has 6 rings (SSSR count). The Bertz CT molecular complexity index is 2090. The molecule has 2 aliphatic carbocycles. The van der Waals surface area contributed by atoms with Gasteiger partial charge in [-0.05, 0) is 67.2 Å². The summed E-state index contributed by atoms with van der Waals surface area (Å²) in [5.74, 6) is 1.39. The molecule has 2 aromatic heterocycles. The average molecular weight is 902 g/mol. The van der Waals surface area contributed by atoms with Crippen LogP contribution in [-0.2, 0) is 41.3 Å². The van der Waals surface area contributed by atoms with Crippen molar-refractivity contribution in [3.8, 4) is 22.6 Å². The second kappa shape index (κ2) is 22.1. The van der Waals surface area contributed by atoms with Gasteiger partial charge in [0.25, 0.3) is 0 Å². The normalized spacial score (nSPS) is 14.3. The van der Waals surface area contributed by atoms with Crippen molar-refractivity contribution >= 4 is 48.2 Å². The minimum atomic E-state index is -3.90. The number of amides is 2. The zero-order valence-corrected chi connectivity index (χ0v) is 37.8. The molecule has 2 saturated carbocycles. The summed E-state index contributed by atoms with van der Waals surface area (Å²) >= 11 is 3.36. The number of halogens is 1. The SMILES string of the molecule is BrCc1ncoc1-c1ccccc1.CC(C)(C)OC(=O)NS(=O)(=O)C1(Cc2ncoc2-c2ccccc2)CC1.CC(C)(C)OC(=O)NS(=O)(=O)C1CC1.[CH2-]CCC.[Li+]. The molecule has 4 aromatic rings. The van der Waals surface area contributed by atoms with Gasteiger partial charge in [0.2, 0.25) is 20.0 Å². The van der Waals surface area contributed by atoms with Crippen LogP contribution < -0.4 is 28.3 Å². The van der Waals surface area contributed by atoms with Crippen molar-refractivity contribution in [2.24, 2.45) is 0 Å². The number of ether oxygens (including phenoxy) is 2. The van der Waals surface area contributed by atoms with Gasteiger partial charge in [-0.15, -0.1) is 0 Å². The number of sulfonamides is 2. The van der Waals surface area contributed by atoms with Crippen LogP contribution in [0.1, 0.15) is 98.4 Å². The van der Waals surface area contributed by atoms with E-state index in [0.29, 0.717) is 42.5 Å². The Balaban J connectivity index is 0.000000307. The number of carbonyl (C=O) groups excluding carboxylic acids is 2. The number of hydrogen-bond acceptors (Lipinski definition) is 12. The van der Waals surface area contributed by atoms with E-state index in [-0.39, 0.29) is 25.3 Å². The molecule has 2 N–H and O–H groups in total. The zero-order chi connectivity index (χ0) is 42.5. The molecular weight excluding hydrogens is 847 g/mol. The second-order valence-electron chi connectivity index (χ2n) is 15.3. The molecule has 2 heterocycles. The van der Waals surface area contributed by atoms with E-state index < -0.39 is 53.4 Å². The van der Waals surface area contributed by atoms with Crippen molar-refractivity contribution in [2.45, 2.75) is 120 Å². The monoisotopic (exact) mass is 900 g/mol. The molecule has 18 heteroatoms. The number of rotatable bonds is 10. The van der Waals surface area contributed by atoms with E-state index in [0.717, 1.165) is 29.0 Å². The number of benzene rings is 2. The van der Waals surface area contributed by atoms with Crippen molar-refractivity contribution in [3.05, 3.63) is 91.8 Å². The molecule has 2 amide bonds. The van der Waals surface area contributed by atoms with E-state index >= 15 is 0 Å². The van der Waals surface area contributed by atoms with Crippen LogP contribution in [0.3, 0.4) is 0 Å². The van der Waals surface area contributed by atoms with Crippen LogP contribution in [0.4, 0.5) is 9.59 Å². The molecule has 2 aromatic carbocycles. The third-order valence-corrected chi connectivity index (χ3v) is 12.4. The number of carbonyl (C=O) groups is 2. The summed E-state index contributed by atoms with van der Waals surface area (Å²) in [5.41, 5.74) is 1.93. The van der Waals surface area contributed by atoms with Crippen molar-refractivity contribution in [2.75, 3.05) is 0 Å². The Kier molecular flexibility index (Phi) is 19.3. The van der Waals surface area contributed by atoms with E-state index in [4.69, 9.17) is 18.3 Å². The van der Waals surface area contributed by atoms with E-state index in [9.17, 15) is 26.4 Å². The molecule has 0 atom stereocenters. The number of oxazole rings is 2. The molecule has 0 aliphatic heterocycles. The number of alkyl halides is 1. The second-order valence-corrected chi connectivity index (χ2v) is 19.9. The largest absolute Gasteiger partial charge is 1.00 e. The number of hydrogen-bond donors (Lipinski definition) is 2. The van der Waals surface area contributed by atoms with Gasteiger partial charge in [-0.1, -0.05) is 89.9 Å². The summed E-state index contributed by atoms with van der Waals surface area (Å²) in [7, 11) is -7.38. The Morgan fingerprint density at radius 2 is 1.21 bits per heavy atom. The maximum atomic E-state index is 12.7. The van der Waals surface area contributed by atoms with Gasteiger partial charge >= 0.3 is 31.0 Å². The van der Waals surface area contributed by atoms with E-state index in [1.54, 1.807) is 41.5 Å². The predicted octanol–water partition coefficient (Wildman–Crippen LogP) is 6.14. The van der Waals surface area contributed by atoms with Crippen LogP contribution in [-0.4, -0.2) is 60.2 Å². The maximum Gasteiger partial charge on any atom is 1.00 e. The summed E-state index contributed by atoms with van der Waals surface area (Å²) in [6.45, 7) is 15.8. The third kappa shape index (κ3) is 16.6. The van der Waals surface area contributed by atoms with Crippen LogP contribution in [0.5, 0.6) is 0 Å². The Morgan fingerprint density at radius 1 is 0.793 bits per heavy atom. The van der Waals surface area contributed by atoms with Gasteiger partial charge in [-0.25, -0.2) is 45.8 Å². The van der Waals surface area contributed by atoms with Gasteiger partial charge in [0, 0.05) is 22.9 Å². The fourth-order valence-electron chi connectivity index (χ4n) is 4.79. The maximum absolute atomic E-state index is 12.7. The Hall–Kier alpha value is -3.62. The first kappa shape index (κ1) is 50.5. The number of nitrogens with one attached hydrogen (secondary N) is 2. The molecule has 58 heavy (non-hydrogen) atoms. The molecule has 0 unspecified atom stereocenters. The first-order chi connectivity index (χ1) is 26.7. The van der Waals surface area contributed by atoms with Crippen molar-refractivity contribution < 1.29 is 63.6 Å². The Morgan fingerprint density at radius 3 is 1.59 bits per heavy atom. The fourth-order valence-corrected chi connectivity index (χ4v) is 7.83. The van der Waals surface area contributed by atoms with E-state index in [1.165, 1.54) is 19.2 Å². The van der Waals surface area contributed by atoms with Crippen molar-refractivity contribution in [1.29, 1.82) is 0 Å². The molecule has 0 radical (unpaired) electrons. The standard InChI is InChI=1S/C18H22N2O5S.C10H8BrNO.C8H15NO4S.C4H9.Li/c1-17(2,3)25-16(21)20-26(22,23)18(9-10-18)11-14-15(24-12-19-14)13-7-5-4-6-8-13;11-6-9-10(13-7-12-9)8-4-2-1-3-5-8;1-8(2,3)13-7(10)9-14(11,12)6-4-5-6;1-3-4-2;/h4-8,12H,9-11H2,1-3H3,(H,20,21);1-5,7H,6H2;6H,4-5H2,1-3H3,(H,9,10);1,3-4H2,2H3;/q;;;-1;+1. The molecule has 0 saturated heterocycles. The first-order valence-corrected chi connectivity index (χ1v) is 22.6. The predicted molar refractivity (Wildman–Crippen MR) is 222 cm³/mol. The molecule has 2 aliphatic rings. The van der Waals surface area contributed by atoms with Crippen LogP contribution in [0.2, 0.25) is 0 Å².